The van der Waals surface area contributed by atoms with Gasteiger partial charge in [-0.2, -0.15) is 0 Å². The van der Waals surface area contributed by atoms with Crippen LogP contribution in [0.3, 0.4) is 0 Å². The molecule has 0 aromatic heterocycles. The third-order valence-corrected chi connectivity index (χ3v) is 3.99. The van der Waals surface area contributed by atoms with E-state index in [4.69, 9.17) is 19.4 Å². The molecule has 112 valence electrons. The molecule has 0 radical (unpaired) electrons. The third-order valence-electron chi connectivity index (χ3n) is 3.99. The van der Waals surface area contributed by atoms with Gasteiger partial charge in [-0.25, -0.2) is 4.39 Å². The van der Waals surface area contributed by atoms with Gasteiger partial charge in [0.15, 0.2) is 0 Å². The minimum atomic E-state index is -1.58. The van der Waals surface area contributed by atoms with Gasteiger partial charge >= 0.3 is 14.2 Å². The number of benzene rings is 1. The Hall–Kier alpha value is -1.14. The molecular weight excluding hydrogens is 273 g/mol. The first kappa shape index (κ1) is 16.2. The maximum absolute atomic E-state index is 14.3. The molecular formula is C14H19B2FO4. The van der Waals surface area contributed by atoms with Crippen molar-refractivity contribution in [2.75, 3.05) is 0 Å². The Kier molecular flexibility index (Phi) is 4.31. The fourth-order valence-corrected chi connectivity index (χ4v) is 1.99. The Balaban J connectivity index is 2.21. The van der Waals surface area contributed by atoms with E-state index in [0.29, 0.717) is 11.0 Å². The van der Waals surface area contributed by atoms with Crippen LogP contribution in [0, 0.1) is 0 Å². The molecule has 0 aliphatic carbocycles. The summed E-state index contributed by atoms with van der Waals surface area (Å²) in [6.45, 7) is 7.40. The van der Waals surface area contributed by atoms with Gasteiger partial charge in [0.05, 0.1) is 11.2 Å². The topological polar surface area (TPSA) is 58.9 Å². The average molecular weight is 292 g/mol. The predicted molar refractivity (Wildman–Crippen MR) is 81.4 cm³/mol. The van der Waals surface area contributed by atoms with Crippen molar-refractivity contribution in [3.05, 3.63) is 35.6 Å². The van der Waals surface area contributed by atoms with Crippen molar-refractivity contribution in [3.63, 3.8) is 0 Å². The molecule has 1 fully saturated rings. The van der Waals surface area contributed by atoms with Gasteiger partial charge in [0.2, 0.25) is 0 Å². The average Bonchev–Trinajstić information content (AvgIpc) is 2.59. The maximum atomic E-state index is 14.3. The van der Waals surface area contributed by atoms with Crippen LogP contribution in [0.25, 0.3) is 6.08 Å². The van der Waals surface area contributed by atoms with E-state index in [2.05, 4.69) is 0 Å². The summed E-state index contributed by atoms with van der Waals surface area (Å²) < 4.78 is 25.5. The zero-order valence-electron chi connectivity index (χ0n) is 12.6. The quantitative estimate of drug-likeness (QED) is 0.825. The van der Waals surface area contributed by atoms with E-state index in [1.807, 2.05) is 27.7 Å². The summed E-state index contributed by atoms with van der Waals surface area (Å²) in [6.07, 6.45) is 1.27. The van der Waals surface area contributed by atoms with Crippen LogP contribution in [0.5, 0.6) is 0 Å². The molecule has 1 aromatic carbocycles. The fourth-order valence-electron chi connectivity index (χ4n) is 1.99. The molecule has 0 unspecified atom stereocenters. The lowest BCUT2D eigenvalue weighted by molar-refractivity contribution is 0.00578. The van der Waals surface area contributed by atoms with E-state index < -0.39 is 31.2 Å². The van der Waals surface area contributed by atoms with Gasteiger partial charge in [-0.05, 0) is 44.8 Å². The Morgan fingerprint density at radius 2 is 1.76 bits per heavy atom. The molecule has 2 N–H and O–H groups in total. The highest BCUT2D eigenvalue weighted by Crippen LogP contribution is 2.38. The lowest BCUT2D eigenvalue weighted by Gasteiger charge is -2.32. The number of rotatable bonds is 3. The summed E-state index contributed by atoms with van der Waals surface area (Å²) in [4.78, 5) is 0. The van der Waals surface area contributed by atoms with Crippen molar-refractivity contribution in [2.45, 2.75) is 38.9 Å². The molecule has 1 heterocycles. The fraction of sp³-hybridized carbons (Fsp3) is 0.429. The Morgan fingerprint density at radius 3 is 2.29 bits per heavy atom. The van der Waals surface area contributed by atoms with Crippen molar-refractivity contribution < 1.29 is 23.7 Å². The molecule has 0 saturated carbocycles. The van der Waals surface area contributed by atoms with Crippen molar-refractivity contribution in [1.29, 1.82) is 0 Å². The van der Waals surface area contributed by atoms with Crippen LogP contribution in [0.1, 0.15) is 33.3 Å². The molecule has 0 bridgehead atoms. The standard InChI is InChI=1S/C14H19B2FO4/c1-13(2)14(3,4)21-16(20-13)12(17)9-10-6-5-7-11(8-10)15(18)19/h5-9,18-19H,1-4H3. The second kappa shape index (κ2) is 5.57. The summed E-state index contributed by atoms with van der Waals surface area (Å²) in [5, 5.41) is 18.2. The highest BCUT2D eigenvalue weighted by Gasteiger charge is 2.53. The van der Waals surface area contributed by atoms with E-state index in [1.165, 1.54) is 12.1 Å². The lowest BCUT2D eigenvalue weighted by atomic mass is 9.79. The summed E-state index contributed by atoms with van der Waals surface area (Å²) in [5.74, 6) is 0. The Morgan fingerprint density at radius 1 is 1.19 bits per heavy atom. The van der Waals surface area contributed by atoms with Gasteiger partial charge in [-0.3, -0.25) is 0 Å². The highest BCUT2D eigenvalue weighted by molar-refractivity contribution is 6.58. The molecule has 7 heteroatoms. The Labute approximate surface area is 124 Å². The smallest absolute Gasteiger partial charge is 0.423 e. The summed E-state index contributed by atoms with van der Waals surface area (Å²) in [6, 6.07) is 6.33. The summed E-state index contributed by atoms with van der Waals surface area (Å²) >= 11 is 0. The SMILES string of the molecule is CC1(C)OB(C(F)=Cc2cccc(B(O)O)c2)OC1(C)C. The van der Waals surface area contributed by atoms with Gasteiger partial charge in [-0.1, -0.05) is 24.3 Å². The van der Waals surface area contributed by atoms with Gasteiger partial charge in [0.1, 0.15) is 5.73 Å². The van der Waals surface area contributed by atoms with Crippen LogP contribution in [-0.2, 0) is 9.31 Å². The third kappa shape index (κ3) is 3.37. The van der Waals surface area contributed by atoms with Crippen molar-refractivity contribution in [2.24, 2.45) is 0 Å². The van der Waals surface area contributed by atoms with E-state index in [9.17, 15) is 4.39 Å². The second-order valence-corrected chi connectivity index (χ2v) is 6.16. The van der Waals surface area contributed by atoms with Crippen molar-refractivity contribution in [3.8, 4) is 0 Å². The molecule has 1 aliphatic heterocycles. The normalized spacial score (nSPS) is 20.7. The van der Waals surface area contributed by atoms with Crippen LogP contribution in [0.4, 0.5) is 4.39 Å². The minimum Gasteiger partial charge on any atom is -0.423 e. The number of hydrogen-bond donors (Lipinski definition) is 2. The second-order valence-electron chi connectivity index (χ2n) is 6.16. The van der Waals surface area contributed by atoms with E-state index in [1.54, 1.807) is 18.2 Å². The van der Waals surface area contributed by atoms with Crippen LogP contribution in [0.15, 0.2) is 30.0 Å². The van der Waals surface area contributed by atoms with Gasteiger partial charge in [-0.15, -0.1) is 0 Å². The molecule has 1 aromatic rings. The molecule has 2 rings (SSSR count). The van der Waals surface area contributed by atoms with Crippen LogP contribution in [0.2, 0.25) is 0 Å². The molecule has 0 amide bonds. The number of halogens is 1. The zero-order chi connectivity index (χ0) is 15.8. The molecule has 1 saturated heterocycles. The van der Waals surface area contributed by atoms with E-state index >= 15 is 0 Å². The van der Waals surface area contributed by atoms with Crippen molar-refractivity contribution >= 4 is 25.8 Å². The molecule has 4 nitrogen and oxygen atoms in total. The first-order valence-electron chi connectivity index (χ1n) is 6.81. The Bertz CT molecular complexity index is 542. The number of hydrogen-bond acceptors (Lipinski definition) is 4. The lowest BCUT2D eigenvalue weighted by Crippen LogP contribution is -2.41. The van der Waals surface area contributed by atoms with Gasteiger partial charge < -0.3 is 19.4 Å². The largest absolute Gasteiger partial charge is 0.525 e. The highest BCUT2D eigenvalue weighted by atomic mass is 19.1. The minimum absolute atomic E-state index is 0.297. The first-order valence-corrected chi connectivity index (χ1v) is 6.81. The van der Waals surface area contributed by atoms with Crippen LogP contribution in [-0.4, -0.2) is 35.5 Å². The zero-order valence-corrected chi connectivity index (χ0v) is 12.6. The predicted octanol–water partition coefficient (Wildman–Crippen LogP) is 1.31. The summed E-state index contributed by atoms with van der Waals surface area (Å²) in [5.41, 5.74) is -0.964. The summed E-state index contributed by atoms with van der Waals surface area (Å²) in [7, 11) is -2.64. The maximum Gasteiger partial charge on any atom is 0.525 e. The first-order chi connectivity index (χ1) is 9.62. The molecule has 21 heavy (non-hydrogen) atoms. The molecule has 1 aliphatic rings. The van der Waals surface area contributed by atoms with E-state index in [-0.39, 0.29) is 0 Å². The molecule has 0 atom stereocenters. The van der Waals surface area contributed by atoms with Gasteiger partial charge in [0, 0.05) is 0 Å². The van der Waals surface area contributed by atoms with Crippen LogP contribution >= 0.6 is 0 Å². The van der Waals surface area contributed by atoms with Gasteiger partial charge in [0.25, 0.3) is 0 Å². The molecule has 0 spiro atoms. The van der Waals surface area contributed by atoms with Crippen LogP contribution < -0.4 is 5.46 Å². The van der Waals surface area contributed by atoms with E-state index in [0.717, 1.165) is 0 Å². The van der Waals surface area contributed by atoms with Crippen molar-refractivity contribution in [1.82, 2.24) is 0 Å². The monoisotopic (exact) mass is 292 g/mol.